The number of hydrogen-bond donors (Lipinski definition) is 0. The molecule has 1 aliphatic carbocycles. The smallest absolute Gasteiger partial charge is 0.266 e. The van der Waals surface area contributed by atoms with Crippen LogP contribution in [-0.2, 0) is 4.79 Å². The molecule has 0 saturated heterocycles. The number of nitrogens with zero attached hydrogens (tertiary/aromatic N) is 3. The van der Waals surface area contributed by atoms with Gasteiger partial charge in [-0.05, 0) is 62.6 Å². The van der Waals surface area contributed by atoms with Gasteiger partial charge < -0.3 is 4.90 Å². The van der Waals surface area contributed by atoms with Crippen molar-refractivity contribution in [2.45, 2.75) is 52.0 Å². The van der Waals surface area contributed by atoms with Crippen molar-refractivity contribution in [2.24, 2.45) is 5.92 Å². The molecule has 1 unspecified atom stereocenters. The fourth-order valence-electron chi connectivity index (χ4n) is 4.55. The summed E-state index contributed by atoms with van der Waals surface area (Å²) in [4.78, 5) is 33.7. The SMILES string of the molecule is CCCN(C(=O)C1CCCC1)C(C)c1nc2ccccc2c(=O)n1-c1ccc(Cl)cc1. The first kappa shape index (κ1) is 21.6. The number of fused-ring (bicyclic) bond motifs is 1. The van der Waals surface area contributed by atoms with Crippen molar-refractivity contribution < 1.29 is 4.79 Å². The van der Waals surface area contributed by atoms with Crippen molar-refractivity contribution in [2.75, 3.05) is 6.54 Å². The van der Waals surface area contributed by atoms with Crippen LogP contribution in [0.4, 0.5) is 0 Å². The van der Waals surface area contributed by atoms with Crippen molar-refractivity contribution in [1.82, 2.24) is 14.5 Å². The van der Waals surface area contributed by atoms with E-state index in [4.69, 9.17) is 16.6 Å². The van der Waals surface area contributed by atoms with E-state index in [1.54, 1.807) is 22.8 Å². The molecule has 1 fully saturated rings. The molecule has 1 saturated carbocycles. The molecule has 1 aliphatic rings. The van der Waals surface area contributed by atoms with Gasteiger partial charge in [-0.3, -0.25) is 14.2 Å². The number of carbonyl (C=O) groups excluding carboxylic acids is 1. The Hall–Kier alpha value is -2.66. The number of aromatic nitrogens is 2. The summed E-state index contributed by atoms with van der Waals surface area (Å²) in [5, 5.41) is 1.15. The summed E-state index contributed by atoms with van der Waals surface area (Å²) in [6, 6.07) is 14.2. The predicted octanol–water partition coefficient (Wildman–Crippen LogP) is 5.53. The van der Waals surface area contributed by atoms with Crippen LogP contribution in [0.3, 0.4) is 0 Å². The minimum absolute atomic E-state index is 0.0742. The average Bonchev–Trinajstić information content (AvgIpc) is 3.32. The van der Waals surface area contributed by atoms with Gasteiger partial charge >= 0.3 is 0 Å². The molecule has 3 aromatic rings. The fourth-order valence-corrected chi connectivity index (χ4v) is 4.68. The predicted molar refractivity (Wildman–Crippen MR) is 125 cm³/mol. The summed E-state index contributed by atoms with van der Waals surface area (Å²) in [5.41, 5.74) is 1.20. The van der Waals surface area contributed by atoms with Gasteiger partial charge in [-0.1, -0.05) is 43.5 Å². The molecule has 1 aromatic heterocycles. The number of benzene rings is 2. The van der Waals surface area contributed by atoms with Crippen LogP contribution < -0.4 is 5.56 Å². The van der Waals surface area contributed by atoms with E-state index >= 15 is 0 Å². The molecule has 162 valence electrons. The highest BCUT2D eigenvalue weighted by atomic mass is 35.5. The second-order valence-electron chi connectivity index (χ2n) is 8.29. The zero-order valence-electron chi connectivity index (χ0n) is 18.1. The second-order valence-corrected chi connectivity index (χ2v) is 8.73. The summed E-state index contributed by atoms with van der Waals surface area (Å²) in [6.45, 7) is 4.69. The van der Waals surface area contributed by atoms with Gasteiger partial charge in [-0.25, -0.2) is 4.98 Å². The van der Waals surface area contributed by atoms with Crippen LogP contribution in [0.2, 0.25) is 5.02 Å². The molecule has 31 heavy (non-hydrogen) atoms. The van der Waals surface area contributed by atoms with Gasteiger partial charge in [0.2, 0.25) is 5.91 Å². The summed E-state index contributed by atoms with van der Waals surface area (Å²) < 4.78 is 1.63. The van der Waals surface area contributed by atoms with Gasteiger partial charge in [0.25, 0.3) is 5.56 Å². The molecule has 5 nitrogen and oxygen atoms in total. The third-order valence-electron chi connectivity index (χ3n) is 6.18. The lowest BCUT2D eigenvalue weighted by molar-refractivity contribution is -0.137. The lowest BCUT2D eigenvalue weighted by atomic mass is 10.0. The molecule has 4 rings (SSSR count). The maximum atomic E-state index is 13.5. The molecule has 0 spiro atoms. The summed E-state index contributed by atoms with van der Waals surface area (Å²) in [6.07, 6.45) is 4.95. The molecule has 0 aliphatic heterocycles. The lowest BCUT2D eigenvalue weighted by Crippen LogP contribution is -2.40. The Balaban J connectivity index is 1.87. The molecule has 2 aromatic carbocycles. The Labute approximate surface area is 187 Å². The van der Waals surface area contributed by atoms with Crippen LogP contribution in [0.15, 0.2) is 53.3 Å². The van der Waals surface area contributed by atoms with E-state index in [-0.39, 0.29) is 23.4 Å². The topological polar surface area (TPSA) is 55.2 Å². The highest BCUT2D eigenvalue weighted by Gasteiger charge is 2.32. The molecule has 1 atom stereocenters. The number of hydrogen-bond acceptors (Lipinski definition) is 3. The molecule has 1 heterocycles. The largest absolute Gasteiger partial charge is 0.333 e. The highest BCUT2D eigenvalue weighted by Crippen LogP contribution is 2.31. The number of carbonyl (C=O) groups is 1. The maximum Gasteiger partial charge on any atom is 0.266 e. The summed E-state index contributed by atoms with van der Waals surface area (Å²) >= 11 is 6.09. The number of rotatable bonds is 6. The normalized spacial score (nSPS) is 15.3. The van der Waals surface area contributed by atoms with Crippen LogP contribution in [0, 0.1) is 5.92 Å². The first-order valence-electron chi connectivity index (χ1n) is 11.1. The van der Waals surface area contributed by atoms with E-state index in [1.165, 1.54) is 0 Å². The Morgan fingerprint density at radius 2 is 1.84 bits per heavy atom. The van der Waals surface area contributed by atoms with Crippen molar-refractivity contribution in [1.29, 1.82) is 0 Å². The van der Waals surface area contributed by atoms with E-state index in [2.05, 4.69) is 6.92 Å². The molecule has 0 bridgehead atoms. The fraction of sp³-hybridized carbons (Fsp3) is 0.400. The monoisotopic (exact) mass is 437 g/mol. The molecular formula is C25H28ClN3O2. The standard InChI is InChI=1S/C25H28ClN3O2/c1-3-16-28(24(30)18-8-4-5-9-18)17(2)23-27-22-11-7-6-10-21(22)25(31)29(23)20-14-12-19(26)13-15-20/h6-7,10-15,17-18H,3-5,8-9,16H2,1-2H3. The van der Waals surface area contributed by atoms with Gasteiger partial charge in [0.05, 0.1) is 22.6 Å². The zero-order chi connectivity index (χ0) is 22.0. The van der Waals surface area contributed by atoms with Crippen molar-refractivity contribution >= 4 is 28.4 Å². The van der Waals surface area contributed by atoms with Crippen LogP contribution in [0.5, 0.6) is 0 Å². The third-order valence-corrected chi connectivity index (χ3v) is 6.43. The minimum atomic E-state index is -0.332. The van der Waals surface area contributed by atoms with E-state index in [1.807, 2.05) is 42.2 Å². The van der Waals surface area contributed by atoms with Crippen LogP contribution in [0.25, 0.3) is 16.6 Å². The van der Waals surface area contributed by atoms with Crippen molar-refractivity contribution in [3.8, 4) is 5.69 Å². The van der Waals surface area contributed by atoms with Gasteiger partial charge in [0.15, 0.2) is 0 Å². The molecule has 1 amide bonds. The van der Waals surface area contributed by atoms with Gasteiger partial charge in [-0.2, -0.15) is 0 Å². The Bertz CT molecular complexity index is 1130. The highest BCUT2D eigenvalue weighted by molar-refractivity contribution is 6.30. The third kappa shape index (κ3) is 4.24. The van der Waals surface area contributed by atoms with Gasteiger partial charge in [0.1, 0.15) is 5.82 Å². The molecular weight excluding hydrogens is 410 g/mol. The van der Waals surface area contributed by atoms with Crippen molar-refractivity contribution in [3.63, 3.8) is 0 Å². The first-order valence-corrected chi connectivity index (χ1v) is 11.5. The van der Waals surface area contributed by atoms with E-state index in [0.29, 0.717) is 34.0 Å². The second kappa shape index (κ2) is 9.23. The molecule has 0 radical (unpaired) electrons. The van der Waals surface area contributed by atoms with Gasteiger partial charge in [0, 0.05) is 17.5 Å². The number of halogens is 1. The maximum absolute atomic E-state index is 13.5. The van der Waals surface area contributed by atoms with Crippen molar-refractivity contribution in [3.05, 3.63) is 69.7 Å². The number of para-hydroxylation sites is 1. The van der Waals surface area contributed by atoms with Crippen LogP contribution >= 0.6 is 11.6 Å². The Morgan fingerprint density at radius 1 is 1.16 bits per heavy atom. The quantitative estimate of drug-likeness (QED) is 0.509. The number of amides is 1. The molecule has 0 N–H and O–H groups in total. The van der Waals surface area contributed by atoms with E-state index in [9.17, 15) is 9.59 Å². The van der Waals surface area contributed by atoms with Crippen LogP contribution in [-0.4, -0.2) is 26.9 Å². The lowest BCUT2D eigenvalue weighted by Gasteiger charge is -2.32. The van der Waals surface area contributed by atoms with Gasteiger partial charge in [-0.15, -0.1) is 0 Å². The zero-order valence-corrected chi connectivity index (χ0v) is 18.8. The van der Waals surface area contributed by atoms with Crippen LogP contribution in [0.1, 0.15) is 57.8 Å². The van der Waals surface area contributed by atoms with E-state index < -0.39 is 0 Å². The Morgan fingerprint density at radius 3 is 2.52 bits per heavy atom. The first-order chi connectivity index (χ1) is 15.0. The Kier molecular flexibility index (Phi) is 6.42. The average molecular weight is 438 g/mol. The molecule has 6 heteroatoms. The summed E-state index contributed by atoms with van der Waals surface area (Å²) in [7, 11) is 0. The van der Waals surface area contributed by atoms with E-state index in [0.717, 1.165) is 32.1 Å². The minimum Gasteiger partial charge on any atom is -0.333 e. The summed E-state index contributed by atoms with van der Waals surface area (Å²) in [5.74, 6) is 0.827.